The lowest BCUT2D eigenvalue weighted by atomic mass is 9.78. The lowest BCUT2D eigenvalue weighted by molar-refractivity contribution is -0.123. The lowest BCUT2D eigenvalue weighted by Crippen LogP contribution is -2.21. The molecule has 0 aliphatic heterocycles. The second-order valence-corrected chi connectivity index (χ2v) is 6.10. The van der Waals surface area contributed by atoms with E-state index in [1.807, 2.05) is 0 Å². The molecular weight excluding hydrogens is 232 g/mol. The Morgan fingerprint density at radius 2 is 1.84 bits per heavy atom. The second kappa shape index (κ2) is 6.88. The molecule has 0 saturated heterocycles. The number of ketones is 1. The molecule has 0 aromatic heterocycles. The first-order valence-corrected chi connectivity index (χ1v) is 7.82. The van der Waals surface area contributed by atoms with Crippen LogP contribution in [0.25, 0.3) is 0 Å². The zero-order chi connectivity index (χ0) is 13.7. The summed E-state index contributed by atoms with van der Waals surface area (Å²) in [7, 11) is 0. The molecule has 1 aliphatic rings. The van der Waals surface area contributed by atoms with Crippen molar-refractivity contribution in [1.29, 1.82) is 0 Å². The van der Waals surface area contributed by atoms with Gasteiger partial charge in [0.2, 0.25) is 0 Å². The van der Waals surface area contributed by atoms with Crippen LogP contribution in [0.3, 0.4) is 0 Å². The van der Waals surface area contributed by atoms with E-state index in [2.05, 4.69) is 38.1 Å². The van der Waals surface area contributed by atoms with Gasteiger partial charge in [-0.2, -0.15) is 0 Å². The number of aryl methyl sites for hydroxylation is 1. The molecule has 1 nitrogen and oxygen atoms in total. The molecule has 0 heterocycles. The molecule has 1 saturated carbocycles. The first kappa shape index (κ1) is 14.3. The van der Waals surface area contributed by atoms with Gasteiger partial charge in [-0.3, -0.25) is 4.79 Å². The smallest absolute Gasteiger partial charge is 0.140 e. The fourth-order valence-electron chi connectivity index (χ4n) is 3.05. The molecule has 1 aromatic carbocycles. The van der Waals surface area contributed by atoms with Crippen LogP contribution in [-0.2, 0) is 11.2 Å². The average molecular weight is 258 g/mol. The van der Waals surface area contributed by atoms with Crippen molar-refractivity contribution in [3.8, 4) is 0 Å². The standard InChI is InChI=1S/C18H26O/c1-3-4-5-6-15-8-10-16(11-9-15)17-12-7-14(2)13-18(17)19/h8-11,14,17H,3-7,12-13H2,1-2H3/t14-,17+/m1/s1. The zero-order valence-electron chi connectivity index (χ0n) is 12.3. The van der Waals surface area contributed by atoms with Crippen molar-refractivity contribution in [2.45, 2.75) is 64.7 Å². The third-order valence-corrected chi connectivity index (χ3v) is 4.34. The lowest BCUT2D eigenvalue weighted by Gasteiger charge is -2.25. The quantitative estimate of drug-likeness (QED) is 0.687. The number of hydrogen-bond donors (Lipinski definition) is 0. The third kappa shape index (κ3) is 3.92. The number of unbranched alkanes of at least 4 members (excludes halogenated alkanes) is 2. The maximum Gasteiger partial charge on any atom is 0.140 e. The number of carbonyl (C=O) groups excluding carboxylic acids is 1. The van der Waals surface area contributed by atoms with Crippen molar-refractivity contribution in [2.75, 3.05) is 0 Å². The van der Waals surface area contributed by atoms with Gasteiger partial charge in [-0.15, -0.1) is 0 Å². The van der Waals surface area contributed by atoms with Crippen LogP contribution < -0.4 is 0 Å². The molecule has 0 radical (unpaired) electrons. The van der Waals surface area contributed by atoms with Gasteiger partial charge in [0.25, 0.3) is 0 Å². The van der Waals surface area contributed by atoms with E-state index < -0.39 is 0 Å². The van der Waals surface area contributed by atoms with Crippen LogP contribution in [-0.4, -0.2) is 5.78 Å². The van der Waals surface area contributed by atoms with E-state index >= 15 is 0 Å². The Bertz CT molecular complexity index is 404. The molecule has 0 amide bonds. The van der Waals surface area contributed by atoms with Crippen molar-refractivity contribution in [3.05, 3.63) is 35.4 Å². The molecule has 2 atom stereocenters. The summed E-state index contributed by atoms with van der Waals surface area (Å²) in [5.41, 5.74) is 2.64. The largest absolute Gasteiger partial charge is 0.299 e. The third-order valence-electron chi connectivity index (χ3n) is 4.34. The Hall–Kier alpha value is -1.11. The molecule has 0 bridgehead atoms. The number of benzene rings is 1. The van der Waals surface area contributed by atoms with Crippen molar-refractivity contribution in [1.82, 2.24) is 0 Å². The average Bonchev–Trinajstić information content (AvgIpc) is 2.40. The minimum Gasteiger partial charge on any atom is -0.299 e. The molecule has 0 N–H and O–H groups in total. The van der Waals surface area contributed by atoms with Crippen LogP contribution in [0.5, 0.6) is 0 Å². The van der Waals surface area contributed by atoms with Crippen LogP contribution in [0.15, 0.2) is 24.3 Å². The van der Waals surface area contributed by atoms with Gasteiger partial charge >= 0.3 is 0 Å². The highest BCUT2D eigenvalue weighted by atomic mass is 16.1. The van der Waals surface area contributed by atoms with E-state index in [9.17, 15) is 4.79 Å². The Labute approximate surface area is 117 Å². The fraction of sp³-hybridized carbons (Fsp3) is 0.611. The van der Waals surface area contributed by atoms with Crippen LogP contribution in [0.2, 0.25) is 0 Å². The first-order valence-electron chi connectivity index (χ1n) is 7.82. The molecule has 1 aliphatic carbocycles. The van der Waals surface area contributed by atoms with E-state index in [4.69, 9.17) is 0 Å². The van der Waals surface area contributed by atoms with Crippen molar-refractivity contribution in [2.24, 2.45) is 5.92 Å². The predicted octanol–water partition coefficient (Wildman–Crippen LogP) is 4.89. The summed E-state index contributed by atoms with van der Waals surface area (Å²) in [5.74, 6) is 1.19. The van der Waals surface area contributed by atoms with Gasteiger partial charge < -0.3 is 0 Å². The van der Waals surface area contributed by atoms with E-state index in [0.29, 0.717) is 11.7 Å². The summed E-state index contributed by atoms with van der Waals surface area (Å²) >= 11 is 0. The predicted molar refractivity (Wildman–Crippen MR) is 80.4 cm³/mol. The van der Waals surface area contributed by atoms with Crippen LogP contribution in [0, 0.1) is 5.92 Å². The van der Waals surface area contributed by atoms with Crippen molar-refractivity contribution >= 4 is 5.78 Å². The Balaban J connectivity index is 1.96. The molecule has 104 valence electrons. The maximum atomic E-state index is 12.1. The molecular formula is C18H26O. The normalized spacial score (nSPS) is 23.6. The molecule has 1 aromatic rings. The summed E-state index contributed by atoms with van der Waals surface area (Å²) in [4.78, 5) is 12.1. The summed E-state index contributed by atoms with van der Waals surface area (Å²) < 4.78 is 0. The molecule has 2 rings (SSSR count). The van der Waals surface area contributed by atoms with Gasteiger partial charge in [0.05, 0.1) is 0 Å². The molecule has 0 unspecified atom stereocenters. The molecule has 1 fully saturated rings. The van der Waals surface area contributed by atoms with Crippen LogP contribution in [0.1, 0.15) is 69.4 Å². The monoisotopic (exact) mass is 258 g/mol. The zero-order valence-corrected chi connectivity index (χ0v) is 12.3. The number of Topliss-reactive ketones (excluding diaryl/α,β-unsaturated/α-hetero) is 1. The SMILES string of the molecule is CCCCCc1ccc([C@@H]2CC[C@@H](C)CC2=O)cc1. The van der Waals surface area contributed by atoms with Gasteiger partial charge in [0.15, 0.2) is 0 Å². The Morgan fingerprint density at radius 3 is 2.47 bits per heavy atom. The summed E-state index contributed by atoms with van der Waals surface area (Å²) in [6.45, 7) is 4.42. The van der Waals surface area contributed by atoms with E-state index in [-0.39, 0.29) is 5.92 Å². The fourth-order valence-corrected chi connectivity index (χ4v) is 3.05. The highest BCUT2D eigenvalue weighted by Crippen LogP contribution is 2.33. The number of carbonyl (C=O) groups is 1. The van der Waals surface area contributed by atoms with E-state index in [1.54, 1.807) is 0 Å². The Morgan fingerprint density at radius 1 is 1.11 bits per heavy atom. The van der Waals surface area contributed by atoms with Gasteiger partial charge in [0.1, 0.15) is 5.78 Å². The summed E-state index contributed by atoms with van der Waals surface area (Å²) in [5, 5.41) is 0. The minimum atomic E-state index is 0.167. The first-order chi connectivity index (χ1) is 9.20. The van der Waals surface area contributed by atoms with Gasteiger partial charge in [-0.25, -0.2) is 0 Å². The van der Waals surface area contributed by atoms with Crippen molar-refractivity contribution in [3.63, 3.8) is 0 Å². The van der Waals surface area contributed by atoms with Gasteiger partial charge in [-0.05, 0) is 42.7 Å². The van der Waals surface area contributed by atoms with Gasteiger partial charge in [0, 0.05) is 12.3 Å². The Kier molecular flexibility index (Phi) is 5.18. The van der Waals surface area contributed by atoms with Gasteiger partial charge in [-0.1, -0.05) is 51.0 Å². The highest BCUT2D eigenvalue weighted by molar-refractivity contribution is 5.86. The summed E-state index contributed by atoms with van der Waals surface area (Å²) in [6.07, 6.45) is 8.01. The summed E-state index contributed by atoms with van der Waals surface area (Å²) in [6, 6.07) is 8.80. The molecule has 1 heteroatoms. The second-order valence-electron chi connectivity index (χ2n) is 6.10. The van der Waals surface area contributed by atoms with Crippen LogP contribution >= 0.6 is 0 Å². The van der Waals surface area contributed by atoms with Crippen LogP contribution in [0.4, 0.5) is 0 Å². The number of rotatable bonds is 5. The highest BCUT2D eigenvalue weighted by Gasteiger charge is 2.27. The minimum absolute atomic E-state index is 0.167. The maximum absolute atomic E-state index is 12.1. The van der Waals surface area contributed by atoms with E-state index in [0.717, 1.165) is 12.8 Å². The van der Waals surface area contributed by atoms with E-state index in [1.165, 1.54) is 43.2 Å². The van der Waals surface area contributed by atoms with Crippen molar-refractivity contribution < 1.29 is 4.79 Å². The topological polar surface area (TPSA) is 17.1 Å². The molecule has 0 spiro atoms. The molecule has 19 heavy (non-hydrogen) atoms. The number of hydrogen-bond acceptors (Lipinski definition) is 1.